The van der Waals surface area contributed by atoms with Gasteiger partial charge in [-0.25, -0.2) is 0 Å². The van der Waals surface area contributed by atoms with Crippen LogP contribution in [0.5, 0.6) is 5.75 Å². The largest absolute Gasteiger partial charge is 0.508 e. The van der Waals surface area contributed by atoms with Gasteiger partial charge in [-0.15, -0.1) is 0 Å². The first-order chi connectivity index (χ1) is 9.83. The SMILES string of the molecule is Oc1ccc(CCNCc2coc3ccccc23)cc1. The van der Waals surface area contributed by atoms with Crippen LogP contribution in [-0.2, 0) is 13.0 Å². The maximum Gasteiger partial charge on any atom is 0.134 e. The summed E-state index contributed by atoms with van der Waals surface area (Å²) in [6.07, 6.45) is 2.76. The molecule has 0 saturated heterocycles. The van der Waals surface area contributed by atoms with Crippen LogP contribution in [0.25, 0.3) is 11.0 Å². The van der Waals surface area contributed by atoms with Crippen molar-refractivity contribution in [3.63, 3.8) is 0 Å². The number of rotatable bonds is 5. The molecule has 0 radical (unpaired) electrons. The molecule has 0 atom stereocenters. The number of nitrogens with one attached hydrogen (secondary N) is 1. The van der Waals surface area contributed by atoms with Gasteiger partial charge in [-0.1, -0.05) is 30.3 Å². The number of hydrogen-bond donors (Lipinski definition) is 2. The molecule has 0 aliphatic heterocycles. The summed E-state index contributed by atoms with van der Waals surface area (Å²) in [5, 5.41) is 13.8. The molecule has 0 amide bonds. The van der Waals surface area contributed by atoms with E-state index < -0.39 is 0 Å². The Morgan fingerprint density at radius 3 is 2.65 bits per heavy atom. The summed E-state index contributed by atoms with van der Waals surface area (Å²) < 4.78 is 5.51. The van der Waals surface area contributed by atoms with E-state index in [9.17, 15) is 5.11 Å². The minimum Gasteiger partial charge on any atom is -0.508 e. The summed E-state index contributed by atoms with van der Waals surface area (Å²) in [6, 6.07) is 15.4. The van der Waals surface area contributed by atoms with Gasteiger partial charge in [0.05, 0.1) is 6.26 Å². The Morgan fingerprint density at radius 1 is 1.00 bits per heavy atom. The molecule has 0 bridgehead atoms. The van der Waals surface area contributed by atoms with Crippen LogP contribution in [-0.4, -0.2) is 11.7 Å². The molecule has 2 N–H and O–H groups in total. The van der Waals surface area contributed by atoms with E-state index in [0.717, 1.165) is 25.1 Å². The van der Waals surface area contributed by atoms with Crippen LogP contribution in [0.15, 0.2) is 59.2 Å². The van der Waals surface area contributed by atoms with Crippen LogP contribution in [0.4, 0.5) is 0 Å². The summed E-state index contributed by atoms with van der Waals surface area (Å²) in [4.78, 5) is 0. The second-order valence-electron chi connectivity index (χ2n) is 4.85. The number of phenols is 1. The highest BCUT2D eigenvalue weighted by molar-refractivity contribution is 5.80. The van der Waals surface area contributed by atoms with E-state index in [1.165, 1.54) is 16.5 Å². The lowest BCUT2D eigenvalue weighted by molar-refractivity contribution is 0.475. The molecule has 3 aromatic rings. The number of aromatic hydroxyl groups is 1. The Balaban J connectivity index is 1.54. The van der Waals surface area contributed by atoms with E-state index in [4.69, 9.17) is 4.42 Å². The van der Waals surface area contributed by atoms with Crippen LogP contribution in [0.2, 0.25) is 0 Å². The number of para-hydroxylation sites is 1. The summed E-state index contributed by atoms with van der Waals surface area (Å²) in [5.74, 6) is 0.312. The quantitative estimate of drug-likeness (QED) is 0.696. The fourth-order valence-electron chi connectivity index (χ4n) is 2.29. The van der Waals surface area contributed by atoms with Crippen LogP contribution in [0, 0.1) is 0 Å². The second-order valence-corrected chi connectivity index (χ2v) is 4.85. The fraction of sp³-hybridized carbons (Fsp3) is 0.176. The average molecular weight is 267 g/mol. The lowest BCUT2D eigenvalue weighted by atomic mass is 10.1. The molecular weight excluding hydrogens is 250 g/mol. The van der Waals surface area contributed by atoms with Crippen LogP contribution >= 0.6 is 0 Å². The predicted molar refractivity (Wildman–Crippen MR) is 79.7 cm³/mol. The summed E-state index contributed by atoms with van der Waals surface area (Å²) in [6.45, 7) is 1.69. The molecule has 3 nitrogen and oxygen atoms in total. The maximum atomic E-state index is 9.23. The van der Waals surface area contributed by atoms with E-state index in [0.29, 0.717) is 5.75 Å². The van der Waals surface area contributed by atoms with Gasteiger partial charge in [-0.05, 0) is 36.7 Å². The van der Waals surface area contributed by atoms with Crippen molar-refractivity contribution in [2.45, 2.75) is 13.0 Å². The normalized spacial score (nSPS) is 11.0. The van der Waals surface area contributed by atoms with Crippen LogP contribution in [0.1, 0.15) is 11.1 Å². The van der Waals surface area contributed by atoms with Crippen molar-refractivity contribution >= 4 is 11.0 Å². The summed E-state index contributed by atoms with van der Waals surface area (Å²) >= 11 is 0. The van der Waals surface area contributed by atoms with Gasteiger partial charge in [-0.2, -0.15) is 0 Å². The van der Waals surface area contributed by atoms with Gasteiger partial charge in [0.2, 0.25) is 0 Å². The molecule has 0 fully saturated rings. The number of fused-ring (bicyclic) bond motifs is 1. The number of furan rings is 1. The first kappa shape index (κ1) is 12.8. The van der Waals surface area contributed by atoms with Gasteiger partial charge in [0, 0.05) is 17.5 Å². The standard InChI is InChI=1S/C17H17NO2/c19-15-7-5-13(6-8-15)9-10-18-11-14-12-20-17-4-2-1-3-16(14)17/h1-8,12,18-19H,9-11H2. The van der Waals surface area contributed by atoms with Crippen molar-refractivity contribution in [3.8, 4) is 5.75 Å². The van der Waals surface area contributed by atoms with Gasteiger partial charge < -0.3 is 14.8 Å². The molecule has 1 heterocycles. The van der Waals surface area contributed by atoms with E-state index in [1.54, 1.807) is 12.1 Å². The summed E-state index contributed by atoms with van der Waals surface area (Å²) in [5.41, 5.74) is 3.33. The third-order valence-corrected chi connectivity index (χ3v) is 3.40. The van der Waals surface area contributed by atoms with Gasteiger partial charge in [-0.3, -0.25) is 0 Å². The smallest absolute Gasteiger partial charge is 0.134 e. The van der Waals surface area contributed by atoms with Gasteiger partial charge >= 0.3 is 0 Å². The molecule has 0 aliphatic rings. The third kappa shape index (κ3) is 2.83. The topological polar surface area (TPSA) is 45.4 Å². The number of hydrogen-bond acceptors (Lipinski definition) is 3. The monoisotopic (exact) mass is 267 g/mol. The van der Waals surface area contributed by atoms with Gasteiger partial charge in [0.1, 0.15) is 11.3 Å². The first-order valence-electron chi connectivity index (χ1n) is 6.77. The zero-order valence-electron chi connectivity index (χ0n) is 11.2. The molecule has 3 rings (SSSR count). The van der Waals surface area contributed by atoms with E-state index in [1.807, 2.05) is 36.6 Å². The molecule has 1 aromatic heterocycles. The molecule has 20 heavy (non-hydrogen) atoms. The lowest BCUT2D eigenvalue weighted by Gasteiger charge is -2.04. The molecular formula is C17H17NO2. The Labute approximate surface area is 117 Å². The van der Waals surface area contributed by atoms with Crippen LogP contribution in [0.3, 0.4) is 0 Å². The minimum absolute atomic E-state index is 0.312. The Hall–Kier alpha value is -2.26. The van der Waals surface area contributed by atoms with Crippen molar-refractivity contribution in [1.82, 2.24) is 5.32 Å². The zero-order valence-corrected chi connectivity index (χ0v) is 11.2. The molecule has 0 unspecified atom stereocenters. The summed E-state index contributed by atoms with van der Waals surface area (Å²) in [7, 11) is 0. The molecule has 2 aromatic carbocycles. The van der Waals surface area contributed by atoms with Crippen molar-refractivity contribution < 1.29 is 9.52 Å². The molecule has 3 heteroatoms. The fourth-order valence-corrected chi connectivity index (χ4v) is 2.29. The number of benzene rings is 2. The van der Waals surface area contributed by atoms with Crippen molar-refractivity contribution in [1.29, 1.82) is 0 Å². The lowest BCUT2D eigenvalue weighted by Crippen LogP contribution is -2.16. The molecule has 102 valence electrons. The minimum atomic E-state index is 0.312. The predicted octanol–water partition coefficient (Wildman–Crippen LogP) is 3.47. The molecule has 0 spiro atoms. The Bertz CT molecular complexity index is 686. The number of phenolic OH excluding ortho intramolecular Hbond substituents is 1. The highest BCUT2D eigenvalue weighted by atomic mass is 16.3. The van der Waals surface area contributed by atoms with Crippen molar-refractivity contribution in [2.75, 3.05) is 6.54 Å². The average Bonchev–Trinajstić information content (AvgIpc) is 2.89. The Morgan fingerprint density at radius 2 is 1.80 bits per heavy atom. The van der Waals surface area contributed by atoms with E-state index in [-0.39, 0.29) is 0 Å². The molecule has 0 aliphatic carbocycles. The zero-order chi connectivity index (χ0) is 13.8. The third-order valence-electron chi connectivity index (χ3n) is 3.40. The highest BCUT2D eigenvalue weighted by Gasteiger charge is 2.03. The van der Waals surface area contributed by atoms with Gasteiger partial charge in [0.25, 0.3) is 0 Å². The maximum absolute atomic E-state index is 9.23. The van der Waals surface area contributed by atoms with Crippen LogP contribution < -0.4 is 5.32 Å². The molecule has 0 saturated carbocycles. The Kier molecular flexibility index (Phi) is 3.70. The van der Waals surface area contributed by atoms with E-state index in [2.05, 4.69) is 11.4 Å². The van der Waals surface area contributed by atoms with Crippen molar-refractivity contribution in [3.05, 3.63) is 65.9 Å². The van der Waals surface area contributed by atoms with Crippen molar-refractivity contribution in [2.24, 2.45) is 0 Å². The van der Waals surface area contributed by atoms with Gasteiger partial charge in [0.15, 0.2) is 0 Å². The first-order valence-corrected chi connectivity index (χ1v) is 6.77. The van der Waals surface area contributed by atoms with E-state index >= 15 is 0 Å². The highest BCUT2D eigenvalue weighted by Crippen LogP contribution is 2.20. The second kappa shape index (κ2) is 5.80.